The van der Waals surface area contributed by atoms with E-state index in [1.165, 1.54) is 13.2 Å². The van der Waals surface area contributed by atoms with Crippen LogP contribution in [0, 0.1) is 17.8 Å². The monoisotopic (exact) mass is 450 g/mol. The second-order valence-electron chi connectivity index (χ2n) is 10.6. The van der Waals surface area contributed by atoms with Gasteiger partial charge < -0.3 is 14.3 Å². The highest BCUT2D eigenvalue weighted by molar-refractivity contribution is 6.74. The number of allylic oxidation sites excluding steroid dienone is 3. The summed E-state index contributed by atoms with van der Waals surface area (Å²) in [5, 5.41) is 10.9. The summed E-state index contributed by atoms with van der Waals surface area (Å²) in [5.41, 5.74) is 1.34. The Hall–Kier alpha value is -1.66. The van der Waals surface area contributed by atoms with E-state index in [0.717, 1.165) is 12.0 Å². The van der Waals surface area contributed by atoms with Crippen molar-refractivity contribution in [2.24, 2.45) is 17.8 Å². The number of esters is 1. The Kier molecular flexibility index (Phi) is 9.51. The summed E-state index contributed by atoms with van der Waals surface area (Å²) < 4.78 is 11.0. The molecular formula is C25H42O5Si. The van der Waals surface area contributed by atoms with Gasteiger partial charge in [0.25, 0.3) is 0 Å². The molecule has 4 atom stereocenters. The number of carbonyl (C=O) groups is 2. The van der Waals surface area contributed by atoms with Crippen LogP contribution in [0.2, 0.25) is 18.1 Å². The average molecular weight is 451 g/mol. The van der Waals surface area contributed by atoms with E-state index in [0.29, 0.717) is 18.1 Å². The molecule has 176 valence electrons. The minimum absolute atomic E-state index is 0.0503. The zero-order valence-corrected chi connectivity index (χ0v) is 21.9. The summed E-state index contributed by atoms with van der Waals surface area (Å²) in [7, 11) is -0.696. The lowest BCUT2D eigenvalue weighted by atomic mass is 9.68. The second kappa shape index (κ2) is 10.8. The van der Waals surface area contributed by atoms with Crippen LogP contribution in [0.1, 0.15) is 60.8 Å². The van der Waals surface area contributed by atoms with Gasteiger partial charge in [0.2, 0.25) is 8.32 Å². The van der Waals surface area contributed by atoms with Crippen LogP contribution in [0.4, 0.5) is 0 Å². The first-order valence-corrected chi connectivity index (χ1v) is 14.0. The van der Waals surface area contributed by atoms with Gasteiger partial charge in [-0.05, 0) is 74.7 Å². The molecule has 0 aliphatic heterocycles. The summed E-state index contributed by atoms with van der Waals surface area (Å²) in [6, 6.07) is 0. The predicted octanol–water partition coefficient (Wildman–Crippen LogP) is 5.57. The van der Waals surface area contributed by atoms with E-state index >= 15 is 0 Å². The molecule has 0 aromatic heterocycles. The lowest BCUT2D eigenvalue weighted by Crippen LogP contribution is -2.40. The molecule has 31 heavy (non-hydrogen) atoms. The first kappa shape index (κ1) is 27.4. The molecule has 0 spiro atoms. The Morgan fingerprint density at radius 3 is 2.26 bits per heavy atom. The van der Waals surface area contributed by atoms with Gasteiger partial charge in [-0.15, -0.1) is 0 Å². The molecule has 0 bridgehead atoms. The Morgan fingerprint density at radius 2 is 1.74 bits per heavy atom. The molecule has 1 aliphatic rings. The zero-order chi connectivity index (χ0) is 24.1. The van der Waals surface area contributed by atoms with Crippen LogP contribution in [-0.2, 0) is 18.8 Å². The van der Waals surface area contributed by atoms with Gasteiger partial charge in [0.1, 0.15) is 0 Å². The van der Waals surface area contributed by atoms with Gasteiger partial charge in [-0.25, -0.2) is 4.79 Å². The largest absolute Gasteiger partial charge is 0.544 e. The normalized spacial score (nSPS) is 25.7. The Balaban J connectivity index is 3.06. The molecule has 1 rings (SSSR count). The van der Waals surface area contributed by atoms with E-state index in [-0.39, 0.29) is 34.7 Å². The summed E-state index contributed by atoms with van der Waals surface area (Å²) in [6.07, 6.45) is 4.48. The van der Waals surface area contributed by atoms with Crippen LogP contribution < -0.4 is 0 Å². The van der Waals surface area contributed by atoms with Crippen molar-refractivity contribution in [1.29, 1.82) is 0 Å². The third-order valence-electron chi connectivity index (χ3n) is 6.80. The summed E-state index contributed by atoms with van der Waals surface area (Å²) >= 11 is 0. The molecule has 0 aromatic rings. The van der Waals surface area contributed by atoms with Crippen LogP contribution >= 0.6 is 0 Å². The summed E-state index contributed by atoms with van der Waals surface area (Å²) in [6.45, 7) is 20.8. The Bertz CT molecular complexity index is 742. The fraction of sp³-hybridized carbons (Fsp3) is 0.680. The van der Waals surface area contributed by atoms with Crippen molar-refractivity contribution in [3.63, 3.8) is 0 Å². The molecule has 1 fully saturated rings. The van der Waals surface area contributed by atoms with Crippen molar-refractivity contribution in [1.82, 2.24) is 0 Å². The number of aliphatic hydroxyl groups is 1. The van der Waals surface area contributed by atoms with Gasteiger partial charge in [-0.3, -0.25) is 4.79 Å². The Labute approximate surface area is 189 Å². The molecule has 0 radical (unpaired) electrons. The lowest BCUT2D eigenvalue weighted by Gasteiger charge is -2.40. The average Bonchev–Trinajstić information content (AvgIpc) is 2.61. The Morgan fingerprint density at radius 1 is 1.16 bits per heavy atom. The molecule has 0 heterocycles. The molecule has 1 saturated carbocycles. The molecule has 0 saturated heterocycles. The van der Waals surface area contributed by atoms with Crippen LogP contribution in [0.5, 0.6) is 0 Å². The van der Waals surface area contributed by atoms with Crippen LogP contribution in [0.15, 0.2) is 35.6 Å². The van der Waals surface area contributed by atoms with Crippen molar-refractivity contribution < 1.29 is 23.9 Å². The standard InChI is InChI=1S/C25H42O5Si/c1-16-11-21(17(2)13-19(4)30-31(9,10)25(5,6)7)22(23(27)12-16)15-20(26)14-18(3)24(28)29-8/h13-14,16,21-23,27H,4,11-12,15H2,1-3,5-10H3/b17-13+,18-14-/t16-,21+,22+,23-/m1/s1. The molecular weight excluding hydrogens is 408 g/mol. The number of aliphatic hydroxyl groups excluding tert-OH is 1. The fourth-order valence-corrected chi connectivity index (χ4v) is 5.01. The second-order valence-corrected chi connectivity index (χ2v) is 15.3. The van der Waals surface area contributed by atoms with Crippen molar-refractivity contribution in [3.05, 3.63) is 35.6 Å². The molecule has 0 amide bonds. The van der Waals surface area contributed by atoms with Gasteiger partial charge in [0, 0.05) is 12.0 Å². The minimum atomic E-state index is -1.99. The number of methoxy groups -OCH3 is 1. The van der Waals surface area contributed by atoms with Gasteiger partial charge in [0.15, 0.2) is 5.78 Å². The van der Waals surface area contributed by atoms with Crippen molar-refractivity contribution >= 4 is 20.1 Å². The first-order valence-electron chi connectivity index (χ1n) is 11.1. The number of ether oxygens (including phenoxy) is 1. The molecule has 0 unspecified atom stereocenters. The number of rotatable bonds is 8. The predicted molar refractivity (Wildman–Crippen MR) is 128 cm³/mol. The molecule has 1 N–H and O–H groups in total. The van der Waals surface area contributed by atoms with Gasteiger partial charge in [0.05, 0.1) is 19.0 Å². The number of carbonyl (C=O) groups excluding carboxylic acids is 2. The minimum Gasteiger partial charge on any atom is -0.544 e. The quantitative estimate of drug-likeness (QED) is 0.172. The van der Waals surface area contributed by atoms with Crippen LogP contribution in [-0.4, -0.2) is 38.4 Å². The van der Waals surface area contributed by atoms with E-state index in [9.17, 15) is 14.7 Å². The van der Waals surface area contributed by atoms with E-state index in [1.807, 2.05) is 13.0 Å². The van der Waals surface area contributed by atoms with Crippen LogP contribution in [0.3, 0.4) is 0 Å². The van der Waals surface area contributed by atoms with Crippen molar-refractivity contribution in [3.8, 4) is 0 Å². The van der Waals surface area contributed by atoms with Crippen LogP contribution in [0.25, 0.3) is 0 Å². The van der Waals surface area contributed by atoms with E-state index < -0.39 is 20.4 Å². The third-order valence-corrected chi connectivity index (χ3v) is 11.2. The van der Waals surface area contributed by atoms with E-state index in [4.69, 9.17) is 4.43 Å². The number of hydrogen-bond donors (Lipinski definition) is 1. The zero-order valence-electron chi connectivity index (χ0n) is 20.9. The highest BCUT2D eigenvalue weighted by atomic mass is 28.4. The third kappa shape index (κ3) is 7.76. The number of hydrogen-bond acceptors (Lipinski definition) is 5. The van der Waals surface area contributed by atoms with E-state index in [1.54, 1.807) is 6.92 Å². The first-order chi connectivity index (χ1) is 14.1. The highest BCUT2D eigenvalue weighted by Crippen LogP contribution is 2.41. The molecule has 1 aliphatic carbocycles. The summed E-state index contributed by atoms with van der Waals surface area (Å²) in [4.78, 5) is 24.2. The fourth-order valence-electron chi connectivity index (χ4n) is 3.99. The number of ketones is 1. The maximum atomic E-state index is 12.6. The topological polar surface area (TPSA) is 72.8 Å². The van der Waals surface area contributed by atoms with Gasteiger partial charge >= 0.3 is 5.97 Å². The SMILES string of the molecule is C=C(/C=C(\C)[C@@H]1C[C@@H](C)C[C@@H](O)[C@H]1CC(=O)/C=C(/C)C(=O)OC)O[Si](C)(C)C(C)(C)C. The summed E-state index contributed by atoms with van der Waals surface area (Å²) in [5.74, 6) is 0.157. The van der Waals surface area contributed by atoms with Gasteiger partial charge in [-0.2, -0.15) is 0 Å². The molecule has 0 aromatic carbocycles. The maximum Gasteiger partial charge on any atom is 0.333 e. The highest BCUT2D eigenvalue weighted by Gasteiger charge is 2.40. The van der Waals surface area contributed by atoms with Crippen molar-refractivity contribution in [2.75, 3.05) is 7.11 Å². The van der Waals surface area contributed by atoms with Gasteiger partial charge in [-0.1, -0.05) is 39.8 Å². The smallest absolute Gasteiger partial charge is 0.333 e. The van der Waals surface area contributed by atoms with E-state index in [2.05, 4.69) is 52.1 Å². The van der Waals surface area contributed by atoms with Crippen molar-refractivity contribution in [2.45, 2.75) is 85.0 Å². The molecule has 6 heteroatoms. The lowest BCUT2D eigenvalue weighted by molar-refractivity contribution is -0.136. The molecule has 5 nitrogen and oxygen atoms in total. The maximum absolute atomic E-state index is 12.6.